The van der Waals surface area contributed by atoms with Crippen LogP contribution in [-0.4, -0.2) is 47.6 Å². The molecule has 1 fully saturated rings. The molecule has 1 aliphatic rings. The van der Waals surface area contributed by atoms with E-state index in [1.807, 2.05) is 12.1 Å². The molecule has 0 aromatic carbocycles. The summed E-state index contributed by atoms with van der Waals surface area (Å²) >= 11 is 0. The molecule has 114 valence electrons. The molecule has 0 saturated carbocycles. The highest BCUT2D eigenvalue weighted by molar-refractivity contribution is 5.83. The first kappa shape index (κ1) is 15.2. The molecule has 1 saturated heterocycles. The average Bonchev–Trinajstić information content (AvgIpc) is 2.52. The predicted molar refractivity (Wildman–Crippen MR) is 76.2 cm³/mol. The van der Waals surface area contributed by atoms with E-state index >= 15 is 0 Å². The fourth-order valence-corrected chi connectivity index (χ4v) is 2.27. The highest BCUT2D eigenvalue weighted by atomic mass is 16.5. The Morgan fingerprint density at radius 2 is 2.38 bits per heavy atom. The van der Waals surface area contributed by atoms with Crippen molar-refractivity contribution >= 4 is 11.9 Å². The van der Waals surface area contributed by atoms with Gasteiger partial charge < -0.3 is 20.7 Å². The summed E-state index contributed by atoms with van der Waals surface area (Å²) in [5.74, 6) is -0.136. The predicted octanol–water partition coefficient (Wildman–Crippen LogP) is 0.258. The summed E-state index contributed by atoms with van der Waals surface area (Å²) in [4.78, 5) is 28.3. The summed E-state index contributed by atoms with van der Waals surface area (Å²) < 4.78 is 5.83. The molecule has 21 heavy (non-hydrogen) atoms. The quantitative estimate of drug-likeness (QED) is 0.813. The first-order valence-electron chi connectivity index (χ1n) is 6.96. The molecule has 2 rings (SSSR count). The van der Waals surface area contributed by atoms with Crippen molar-refractivity contribution in [3.05, 3.63) is 30.1 Å². The molecule has 0 bridgehead atoms. The number of primary amides is 1. The van der Waals surface area contributed by atoms with Crippen molar-refractivity contribution in [2.75, 3.05) is 19.6 Å². The van der Waals surface area contributed by atoms with Gasteiger partial charge in [0.1, 0.15) is 0 Å². The number of likely N-dealkylation sites (tertiary alicyclic amines) is 1. The number of nitrogens with one attached hydrogen (secondary N) is 1. The lowest BCUT2D eigenvalue weighted by atomic mass is 10.1. The molecule has 3 N–H and O–H groups in total. The fraction of sp³-hybridized carbons (Fsp3) is 0.500. The lowest BCUT2D eigenvalue weighted by Crippen LogP contribution is -2.47. The smallest absolute Gasteiger partial charge is 0.312 e. The molecule has 0 radical (unpaired) electrons. The number of piperidine rings is 1. The minimum absolute atomic E-state index is 0.0106. The van der Waals surface area contributed by atoms with Crippen molar-refractivity contribution < 1.29 is 14.3 Å². The second-order valence-electron chi connectivity index (χ2n) is 4.99. The maximum absolute atomic E-state index is 11.9. The van der Waals surface area contributed by atoms with E-state index in [2.05, 4.69) is 10.3 Å². The SMILES string of the molecule is NC(=O)NCC(=O)N1CCC[C@H](OCc2cccnc2)C1. The number of rotatable bonds is 5. The van der Waals surface area contributed by atoms with Gasteiger partial charge in [-0.3, -0.25) is 9.78 Å². The van der Waals surface area contributed by atoms with Gasteiger partial charge in [0, 0.05) is 25.5 Å². The highest BCUT2D eigenvalue weighted by Crippen LogP contribution is 2.15. The monoisotopic (exact) mass is 292 g/mol. The van der Waals surface area contributed by atoms with Crippen molar-refractivity contribution in [1.29, 1.82) is 0 Å². The van der Waals surface area contributed by atoms with Crippen molar-refractivity contribution in [3.8, 4) is 0 Å². The summed E-state index contributed by atoms with van der Waals surface area (Å²) in [5.41, 5.74) is 5.97. The van der Waals surface area contributed by atoms with Gasteiger partial charge in [0.2, 0.25) is 5.91 Å². The molecule has 2 heterocycles. The highest BCUT2D eigenvalue weighted by Gasteiger charge is 2.24. The number of urea groups is 1. The number of nitrogens with two attached hydrogens (primary N) is 1. The Morgan fingerprint density at radius 3 is 3.10 bits per heavy atom. The van der Waals surface area contributed by atoms with E-state index < -0.39 is 6.03 Å². The number of aromatic nitrogens is 1. The Kier molecular flexibility index (Phi) is 5.51. The normalized spacial score (nSPS) is 18.3. The zero-order valence-corrected chi connectivity index (χ0v) is 11.8. The number of amides is 3. The van der Waals surface area contributed by atoms with Crippen molar-refractivity contribution in [2.24, 2.45) is 5.73 Å². The van der Waals surface area contributed by atoms with Gasteiger partial charge in [0.25, 0.3) is 0 Å². The summed E-state index contributed by atoms with van der Waals surface area (Å²) in [6.07, 6.45) is 5.31. The van der Waals surface area contributed by atoms with Gasteiger partial charge in [-0.15, -0.1) is 0 Å². The maximum Gasteiger partial charge on any atom is 0.312 e. The first-order valence-corrected chi connectivity index (χ1v) is 6.96. The number of carbonyl (C=O) groups excluding carboxylic acids is 2. The van der Waals surface area contributed by atoms with Gasteiger partial charge >= 0.3 is 6.03 Å². The van der Waals surface area contributed by atoms with E-state index in [-0.39, 0.29) is 18.6 Å². The third-order valence-corrected chi connectivity index (χ3v) is 3.35. The average molecular weight is 292 g/mol. The minimum Gasteiger partial charge on any atom is -0.372 e. The van der Waals surface area contributed by atoms with Crippen LogP contribution in [0.4, 0.5) is 4.79 Å². The van der Waals surface area contributed by atoms with Gasteiger partial charge in [-0.1, -0.05) is 6.07 Å². The van der Waals surface area contributed by atoms with Crippen molar-refractivity contribution in [2.45, 2.75) is 25.6 Å². The van der Waals surface area contributed by atoms with E-state index in [1.165, 1.54) is 0 Å². The zero-order valence-electron chi connectivity index (χ0n) is 11.8. The van der Waals surface area contributed by atoms with Gasteiger partial charge in [-0.05, 0) is 24.5 Å². The van der Waals surface area contributed by atoms with Crippen molar-refractivity contribution in [1.82, 2.24) is 15.2 Å². The molecular weight excluding hydrogens is 272 g/mol. The Balaban J connectivity index is 1.77. The second kappa shape index (κ2) is 7.58. The topological polar surface area (TPSA) is 97.5 Å². The number of pyridine rings is 1. The Morgan fingerprint density at radius 1 is 1.52 bits per heavy atom. The van der Waals surface area contributed by atoms with Crippen molar-refractivity contribution in [3.63, 3.8) is 0 Å². The molecule has 7 nitrogen and oxygen atoms in total. The van der Waals surface area contributed by atoms with Gasteiger partial charge in [0.15, 0.2) is 0 Å². The molecule has 1 aliphatic heterocycles. The van der Waals surface area contributed by atoms with Crippen LogP contribution in [0.5, 0.6) is 0 Å². The summed E-state index contributed by atoms with van der Waals surface area (Å²) in [5, 5.41) is 2.31. The molecule has 0 spiro atoms. The van der Waals surface area contributed by atoms with Crippen LogP contribution < -0.4 is 11.1 Å². The number of carbonyl (C=O) groups is 2. The molecule has 0 unspecified atom stereocenters. The molecule has 3 amide bonds. The third kappa shape index (κ3) is 5.03. The van der Waals surface area contributed by atoms with E-state index in [9.17, 15) is 9.59 Å². The molecule has 1 aromatic heterocycles. The van der Waals surface area contributed by atoms with E-state index in [4.69, 9.17) is 10.5 Å². The summed E-state index contributed by atoms with van der Waals surface area (Å²) in [7, 11) is 0. The number of ether oxygens (including phenoxy) is 1. The lowest BCUT2D eigenvalue weighted by Gasteiger charge is -2.32. The van der Waals surface area contributed by atoms with Crippen LogP contribution in [0.1, 0.15) is 18.4 Å². The minimum atomic E-state index is -0.690. The van der Waals surface area contributed by atoms with Crippen LogP contribution in [0, 0.1) is 0 Å². The largest absolute Gasteiger partial charge is 0.372 e. The van der Waals surface area contributed by atoms with Crippen LogP contribution in [0.15, 0.2) is 24.5 Å². The van der Waals surface area contributed by atoms with Gasteiger partial charge in [0.05, 0.1) is 19.3 Å². The summed E-state index contributed by atoms with van der Waals surface area (Å²) in [6.45, 7) is 1.65. The molecule has 0 aliphatic carbocycles. The maximum atomic E-state index is 11.9. The van der Waals surface area contributed by atoms with E-state index in [0.717, 1.165) is 18.4 Å². The first-order chi connectivity index (χ1) is 10.1. The Hall–Kier alpha value is -2.15. The number of nitrogens with zero attached hydrogens (tertiary/aromatic N) is 2. The van der Waals surface area contributed by atoms with Crippen LogP contribution in [0.3, 0.4) is 0 Å². The fourth-order valence-electron chi connectivity index (χ4n) is 2.27. The van der Waals surface area contributed by atoms with Gasteiger partial charge in [-0.2, -0.15) is 0 Å². The van der Waals surface area contributed by atoms with E-state index in [0.29, 0.717) is 19.7 Å². The summed E-state index contributed by atoms with van der Waals surface area (Å²) in [6, 6.07) is 3.13. The molecule has 7 heteroatoms. The van der Waals surface area contributed by atoms with Crippen LogP contribution in [-0.2, 0) is 16.1 Å². The molecule has 1 atom stereocenters. The standard InChI is InChI=1S/C14H20N4O3/c15-14(20)17-8-13(19)18-6-2-4-12(9-18)21-10-11-3-1-5-16-7-11/h1,3,5,7,12H,2,4,6,8-10H2,(H3,15,17,20)/t12-/m0/s1. The Labute approximate surface area is 123 Å². The third-order valence-electron chi connectivity index (χ3n) is 3.35. The van der Waals surface area contributed by atoms with E-state index in [1.54, 1.807) is 17.3 Å². The zero-order chi connectivity index (χ0) is 15.1. The molecular formula is C14H20N4O3. The number of hydrogen-bond acceptors (Lipinski definition) is 4. The van der Waals surface area contributed by atoms with Crippen LogP contribution in [0.25, 0.3) is 0 Å². The van der Waals surface area contributed by atoms with Gasteiger partial charge in [-0.25, -0.2) is 4.79 Å². The second-order valence-corrected chi connectivity index (χ2v) is 4.99. The Bertz CT molecular complexity index is 480. The molecule has 1 aromatic rings. The van der Waals surface area contributed by atoms with Crippen LogP contribution in [0.2, 0.25) is 0 Å². The lowest BCUT2D eigenvalue weighted by molar-refractivity contribution is -0.134. The van der Waals surface area contributed by atoms with Crippen LogP contribution >= 0.6 is 0 Å². The number of hydrogen-bond donors (Lipinski definition) is 2.